The summed E-state index contributed by atoms with van der Waals surface area (Å²) in [6, 6.07) is 2.11. The maximum Gasteiger partial charge on any atom is 0.416 e. The smallest absolute Gasteiger partial charge is 0.398 e. The molecule has 0 amide bonds. The Balaban J connectivity index is 2.26. The van der Waals surface area contributed by atoms with Crippen LogP contribution in [0.25, 0.3) is 0 Å². The van der Waals surface area contributed by atoms with Crippen LogP contribution in [0.5, 0.6) is 0 Å². The first-order valence-electron chi connectivity index (χ1n) is 9.41. The molecule has 0 fully saturated rings. The van der Waals surface area contributed by atoms with E-state index in [-0.39, 0.29) is 11.3 Å². The zero-order chi connectivity index (χ0) is 22.3. The molecule has 0 spiro atoms. The number of alkyl halides is 6. The van der Waals surface area contributed by atoms with Crippen LogP contribution in [0.2, 0.25) is 0 Å². The predicted octanol–water partition coefficient (Wildman–Crippen LogP) is 5.82. The Hall–Kier alpha value is -2.48. The molecule has 8 heteroatoms. The largest absolute Gasteiger partial charge is 0.416 e. The third-order valence-electron chi connectivity index (χ3n) is 5.89. The van der Waals surface area contributed by atoms with Crippen LogP contribution in [0.4, 0.5) is 32.0 Å². The predicted molar refractivity (Wildman–Crippen MR) is 104 cm³/mol. The van der Waals surface area contributed by atoms with Crippen LogP contribution in [0.1, 0.15) is 30.9 Å². The molecular formula is C22H22F6N2. The van der Waals surface area contributed by atoms with Gasteiger partial charge in [-0.25, -0.2) is 0 Å². The lowest BCUT2D eigenvalue weighted by atomic mass is 9.61. The quantitative estimate of drug-likeness (QED) is 0.471. The van der Waals surface area contributed by atoms with Gasteiger partial charge in [-0.1, -0.05) is 49.0 Å². The molecule has 30 heavy (non-hydrogen) atoms. The maximum atomic E-state index is 13.4. The van der Waals surface area contributed by atoms with Crippen molar-refractivity contribution in [1.82, 2.24) is 0 Å². The minimum absolute atomic E-state index is 0.0738. The van der Waals surface area contributed by atoms with Crippen molar-refractivity contribution in [3.05, 3.63) is 76.9 Å². The molecule has 0 heterocycles. The van der Waals surface area contributed by atoms with E-state index in [1.165, 1.54) is 6.08 Å². The van der Waals surface area contributed by atoms with Crippen molar-refractivity contribution in [3.63, 3.8) is 0 Å². The highest BCUT2D eigenvalue weighted by Crippen LogP contribution is 2.49. The summed E-state index contributed by atoms with van der Waals surface area (Å²) in [6.45, 7) is 1.62. The standard InChI is InChI=1S/C22H22F6N2/c1-20(13-5-3-2-4-6-13,16-11-14(21(23,24)25)7-9-18(16)29)17-12-15(22(26,27)28)8-10-19(17)30/h2-3,5,7-12,16,18H,4,6,29-30H2,1H3. The minimum Gasteiger partial charge on any atom is -0.398 e. The molecule has 1 aromatic carbocycles. The molecule has 162 valence electrons. The van der Waals surface area contributed by atoms with Gasteiger partial charge >= 0.3 is 12.4 Å². The molecule has 4 N–H and O–H groups in total. The van der Waals surface area contributed by atoms with Gasteiger partial charge in [0.15, 0.2) is 0 Å². The highest BCUT2D eigenvalue weighted by molar-refractivity contribution is 5.58. The molecule has 1 aromatic rings. The lowest BCUT2D eigenvalue weighted by molar-refractivity contribution is -0.137. The van der Waals surface area contributed by atoms with E-state index in [4.69, 9.17) is 11.5 Å². The summed E-state index contributed by atoms with van der Waals surface area (Å²) in [5.74, 6) is -0.942. The fourth-order valence-corrected chi connectivity index (χ4v) is 4.22. The van der Waals surface area contributed by atoms with Crippen molar-refractivity contribution in [2.75, 3.05) is 5.73 Å². The molecule has 0 radical (unpaired) electrons. The topological polar surface area (TPSA) is 52.0 Å². The van der Waals surface area contributed by atoms with E-state index >= 15 is 0 Å². The number of hydrogen-bond donors (Lipinski definition) is 2. The van der Waals surface area contributed by atoms with Gasteiger partial charge in [0, 0.05) is 23.1 Å². The van der Waals surface area contributed by atoms with Crippen molar-refractivity contribution in [2.24, 2.45) is 11.7 Å². The Morgan fingerprint density at radius 1 is 1.03 bits per heavy atom. The first kappa shape index (κ1) is 22.2. The van der Waals surface area contributed by atoms with Gasteiger partial charge in [-0.05, 0) is 36.6 Å². The Bertz CT molecular complexity index is 936. The van der Waals surface area contributed by atoms with E-state index < -0.39 is 40.9 Å². The molecular weight excluding hydrogens is 406 g/mol. The van der Waals surface area contributed by atoms with Crippen molar-refractivity contribution in [3.8, 4) is 0 Å². The molecule has 0 saturated carbocycles. The first-order valence-corrected chi connectivity index (χ1v) is 9.41. The second kappa shape index (κ2) is 7.65. The summed E-state index contributed by atoms with van der Waals surface area (Å²) in [6.07, 6.45) is 0.414. The summed E-state index contributed by atoms with van der Waals surface area (Å²) in [7, 11) is 0. The van der Waals surface area contributed by atoms with Gasteiger partial charge in [-0.15, -0.1) is 0 Å². The molecule has 3 unspecified atom stereocenters. The van der Waals surface area contributed by atoms with E-state index in [2.05, 4.69) is 0 Å². The fourth-order valence-electron chi connectivity index (χ4n) is 4.22. The number of rotatable bonds is 3. The lowest BCUT2D eigenvalue weighted by Gasteiger charge is -2.44. The highest BCUT2D eigenvalue weighted by Gasteiger charge is 2.46. The molecule has 3 rings (SSSR count). The van der Waals surface area contributed by atoms with Crippen LogP contribution in [0, 0.1) is 5.92 Å². The third-order valence-corrected chi connectivity index (χ3v) is 5.89. The van der Waals surface area contributed by atoms with Crippen LogP contribution in [0.3, 0.4) is 0 Å². The highest BCUT2D eigenvalue weighted by atomic mass is 19.4. The molecule has 3 atom stereocenters. The number of nitrogen functional groups attached to an aromatic ring is 1. The zero-order valence-corrected chi connectivity index (χ0v) is 16.2. The summed E-state index contributed by atoms with van der Waals surface area (Å²) < 4.78 is 80.5. The Morgan fingerprint density at radius 2 is 1.73 bits per heavy atom. The Kier molecular flexibility index (Phi) is 5.66. The van der Waals surface area contributed by atoms with Gasteiger partial charge in [-0.3, -0.25) is 0 Å². The molecule has 0 aliphatic heterocycles. The first-order chi connectivity index (χ1) is 13.8. The van der Waals surface area contributed by atoms with Gasteiger partial charge in [0.1, 0.15) is 0 Å². The fraction of sp³-hybridized carbons (Fsp3) is 0.364. The molecule has 0 aromatic heterocycles. The van der Waals surface area contributed by atoms with E-state index in [1.807, 2.05) is 6.08 Å². The lowest BCUT2D eigenvalue weighted by Crippen LogP contribution is -2.45. The van der Waals surface area contributed by atoms with Gasteiger partial charge in [0.05, 0.1) is 11.1 Å². The van der Waals surface area contributed by atoms with Crippen molar-refractivity contribution >= 4 is 5.69 Å². The van der Waals surface area contributed by atoms with Crippen LogP contribution in [-0.2, 0) is 11.6 Å². The number of nitrogens with two attached hydrogens (primary N) is 2. The Morgan fingerprint density at radius 3 is 2.30 bits per heavy atom. The summed E-state index contributed by atoms with van der Waals surface area (Å²) in [4.78, 5) is 0. The van der Waals surface area contributed by atoms with Crippen LogP contribution < -0.4 is 11.5 Å². The summed E-state index contributed by atoms with van der Waals surface area (Å²) >= 11 is 0. The molecule has 0 bridgehead atoms. The van der Waals surface area contributed by atoms with E-state index in [0.29, 0.717) is 18.4 Å². The van der Waals surface area contributed by atoms with E-state index in [0.717, 1.165) is 30.4 Å². The second-order valence-corrected chi connectivity index (χ2v) is 7.74. The number of hydrogen-bond acceptors (Lipinski definition) is 2. The number of benzene rings is 1. The second-order valence-electron chi connectivity index (χ2n) is 7.74. The maximum absolute atomic E-state index is 13.4. The average Bonchev–Trinajstić information content (AvgIpc) is 2.67. The number of allylic oxidation sites excluding steroid dienone is 6. The average molecular weight is 428 g/mol. The van der Waals surface area contributed by atoms with Gasteiger partial charge < -0.3 is 11.5 Å². The molecule has 2 aliphatic rings. The monoisotopic (exact) mass is 428 g/mol. The van der Waals surface area contributed by atoms with Crippen molar-refractivity contribution in [1.29, 1.82) is 0 Å². The number of halogens is 6. The van der Waals surface area contributed by atoms with E-state index in [9.17, 15) is 26.3 Å². The van der Waals surface area contributed by atoms with Gasteiger partial charge in [0.2, 0.25) is 0 Å². The molecule has 0 saturated heterocycles. The third kappa shape index (κ3) is 4.05. The summed E-state index contributed by atoms with van der Waals surface area (Å²) in [5.41, 5.74) is 10.1. The minimum atomic E-state index is -4.62. The molecule has 2 aliphatic carbocycles. The van der Waals surface area contributed by atoms with Gasteiger partial charge in [-0.2, -0.15) is 26.3 Å². The van der Waals surface area contributed by atoms with Crippen LogP contribution in [0.15, 0.2) is 65.8 Å². The van der Waals surface area contributed by atoms with Crippen molar-refractivity contribution in [2.45, 2.75) is 43.6 Å². The van der Waals surface area contributed by atoms with Gasteiger partial charge in [0.25, 0.3) is 0 Å². The van der Waals surface area contributed by atoms with E-state index in [1.54, 1.807) is 19.1 Å². The summed E-state index contributed by atoms with van der Waals surface area (Å²) in [5, 5.41) is 0. The zero-order valence-electron chi connectivity index (χ0n) is 16.2. The number of anilines is 1. The van der Waals surface area contributed by atoms with Crippen molar-refractivity contribution < 1.29 is 26.3 Å². The SMILES string of the molecule is CC(C1=CC=CCC1)(c1cc(C(F)(F)F)ccc1N)C1C=C(C(F)(F)F)C=CC1N. The Labute approximate surface area is 170 Å². The molecule has 2 nitrogen and oxygen atoms in total. The van der Waals surface area contributed by atoms with Crippen LogP contribution >= 0.6 is 0 Å². The van der Waals surface area contributed by atoms with Crippen LogP contribution in [-0.4, -0.2) is 12.2 Å². The normalized spacial score (nSPS) is 24.3.